The number of hydrogen-bond acceptors (Lipinski definition) is 3. The van der Waals surface area contributed by atoms with Crippen LogP contribution in [-0.2, 0) is 0 Å². The summed E-state index contributed by atoms with van der Waals surface area (Å²) in [5, 5.41) is 19.3. The number of carboxylic acids is 1. The van der Waals surface area contributed by atoms with E-state index in [2.05, 4.69) is 0 Å². The number of hydrogen-bond donors (Lipinski definition) is 1. The van der Waals surface area contributed by atoms with Crippen LogP contribution in [-0.4, -0.2) is 16.0 Å². The van der Waals surface area contributed by atoms with E-state index in [0.717, 1.165) is 6.07 Å². The maximum Gasteiger partial charge on any atom is 0.336 e. The second-order valence-corrected chi connectivity index (χ2v) is 3.10. The van der Waals surface area contributed by atoms with E-state index in [1.54, 1.807) is 0 Å². The third-order valence-corrected chi connectivity index (χ3v) is 1.99. The third kappa shape index (κ3) is 1.82. The summed E-state index contributed by atoms with van der Waals surface area (Å²) in [6, 6.07) is 2.32. The Morgan fingerprint density at radius 2 is 2.14 bits per heavy atom. The Kier molecular flexibility index (Phi) is 2.71. The predicted molar refractivity (Wildman–Crippen MR) is 49.8 cm³/mol. The fourth-order valence-corrected chi connectivity index (χ4v) is 1.29. The Morgan fingerprint density at radius 3 is 2.57 bits per heavy atom. The summed E-state index contributed by atoms with van der Waals surface area (Å²) in [5.74, 6) is -1.23. The van der Waals surface area contributed by atoms with Crippen LogP contribution in [0.1, 0.15) is 15.9 Å². The largest absolute Gasteiger partial charge is 0.478 e. The number of nitrogens with zero attached hydrogens (tertiary/aromatic N) is 1. The number of carboxylic acid groups (broad SMARTS) is 1. The van der Waals surface area contributed by atoms with Gasteiger partial charge in [-0.05, 0) is 13.0 Å². The van der Waals surface area contributed by atoms with E-state index in [1.807, 2.05) is 0 Å². The Labute approximate surface area is 84.1 Å². The molecule has 1 aromatic rings. The van der Waals surface area contributed by atoms with Crippen molar-refractivity contribution in [2.75, 3.05) is 0 Å². The van der Waals surface area contributed by atoms with E-state index in [1.165, 1.54) is 13.0 Å². The lowest BCUT2D eigenvalue weighted by Crippen LogP contribution is -2.02. The smallest absolute Gasteiger partial charge is 0.336 e. The number of rotatable bonds is 2. The monoisotopic (exact) mass is 215 g/mol. The second-order valence-electron chi connectivity index (χ2n) is 2.66. The van der Waals surface area contributed by atoms with Crippen LogP contribution < -0.4 is 0 Å². The minimum atomic E-state index is -1.23. The van der Waals surface area contributed by atoms with Crippen molar-refractivity contribution in [3.8, 4) is 0 Å². The van der Waals surface area contributed by atoms with Gasteiger partial charge in [0.05, 0.1) is 10.5 Å². The second kappa shape index (κ2) is 3.63. The summed E-state index contributed by atoms with van der Waals surface area (Å²) in [6.45, 7) is 1.37. The number of benzene rings is 1. The minimum Gasteiger partial charge on any atom is -0.478 e. The lowest BCUT2D eigenvalue weighted by Gasteiger charge is -2.02. The lowest BCUT2D eigenvalue weighted by atomic mass is 10.1. The highest BCUT2D eigenvalue weighted by Gasteiger charge is 2.19. The van der Waals surface area contributed by atoms with Gasteiger partial charge in [0, 0.05) is 16.7 Å². The quantitative estimate of drug-likeness (QED) is 0.606. The van der Waals surface area contributed by atoms with Crippen LogP contribution in [0.15, 0.2) is 12.1 Å². The highest BCUT2D eigenvalue weighted by atomic mass is 35.5. The molecule has 0 aliphatic rings. The average Bonchev–Trinajstić information content (AvgIpc) is 2.07. The number of carbonyl (C=O) groups is 1. The highest BCUT2D eigenvalue weighted by molar-refractivity contribution is 6.31. The molecule has 0 fully saturated rings. The molecular formula is C8H6ClNO4. The van der Waals surface area contributed by atoms with Crippen molar-refractivity contribution in [2.24, 2.45) is 0 Å². The van der Waals surface area contributed by atoms with Gasteiger partial charge in [-0.15, -0.1) is 0 Å². The molecule has 5 nitrogen and oxygen atoms in total. The zero-order chi connectivity index (χ0) is 10.9. The van der Waals surface area contributed by atoms with Gasteiger partial charge < -0.3 is 5.11 Å². The molecule has 1 rings (SSSR count). The van der Waals surface area contributed by atoms with Crippen molar-refractivity contribution in [2.45, 2.75) is 6.92 Å². The third-order valence-electron chi connectivity index (χ3n) is 1.77. The number of aromatic carboxylic acids is 1. The first-order chi connectivity index (χ1) is 6.43. The standard InChI is InChI=1S/C8H6ClNO4/c1-4-6(8(11)12)2-5(9)3-7(4)10(13)14/h2-3H,1H3,(H,11,12). The van der Waals surface area contributed by atoms with Gasteiger partial charge in [-0.1, -0.05) is 11.6 Å². The highest BCUT2D eigenvalue weighted by Crippen LogP contribution is 2.26. The maximum absolute atomic E-state index is 10.7. The number of halogens is 1. The van der Waals surface area contributed by atoms with Crippen molar-refractivity contribution >= 4 is 23.3 Å². The first kappa shape index (κ1) is 10.5. The molecular weight excluding hydrogens is 210 g/mol. The predicted octanol–water partition coefficient (Wildman–Crippen LogP) is 2.25. The van der Waals surface area contributed by atoms with Crippen LogP contribution in [0.5, 0.6) is 0 Å². The Bertz CT molecular complexity index is 381. The van der Waals surface area contributed by atoms with Crippen molar-refractivity contribution in [1.29, 1.82) is 0 Å². The molecule has 1 N–H and O–H groups in total. The molecule has 1 aromatic carbocycles. The van der Waals surface area contributed by atoms with Crippen molar-refractivity contribution in [1.82, 2.24) is 0 Å². The molecule has 0 saturated heterocycles. The molecule has 0 aromatic heterocycles. The van der Waals surface area contributed by atoms with Gasteiger partial charge in [-0.2, -0.15) is 0 Å². The zero-order valence-electron chi connectivity index (χ0n) is 7.15. The Morgan fingerprint density at radius 1 is 1.57 bits per heavy atom. The summed E-state index contributed by atoms with van der Waals surface area (Å²) >= 11 is 5.54. The number of nitro groups is 1. The summed E-state index contributed by atoms with van der Waals surface area (Å²) in [5.41, 5.74) is -0.328. The van der Waals surface area contributed by atoms with E-state index in [9.17, 15) is 14.9 Å². The fraction of sp³-hybridized carbons (Fsp3) is 0.125. The summed E-state index contributed by atoms with van der Waals surface area (Å²) < 4.78 is 0. The van der Waals surface area contributed by atoms with Crippen LogP contribution in [0.2, 0.25) is 5.02 Å². The van der Waals surface area contributed by atoms with Gasteiger partial charge >= 0.3 is 5.97 Å². The van der Waals surface area contributed by atoms with Crippen LogP contribution >= 0.6 is 11.6 Å². The normalized spacial score (nSPS) is 9.86. The van der Waals surface area contributed by atoms with Crippen molar-refractivity contribution in [3.05, 3.63) is 38.4 Å². The van der Waals surface area contributed by atoms with Crippen LogP contribution in [0.25, 0.3) is 0 Å². The van der Waals surface area contributed by atoms with Gasteiger partial charge in [-0.3, -0.25) is 10.1 Å². The van der Waals surface area contributed by atoms with E-state index >= 15 is 0 Å². The molecule has 14 heavy (non-hydrogen) atoms. The first-order valence-electron chi connectivity index (χ1n) is 3.61. The van der Waals surface area contributed by atoms with Crippen LogP contribution in [0.3, 0.4) is 0 Å². The molecule has 0 heterocycles. The van der Waals surface area contributed by atoms with Crippen molar-refractivity contribution in [3.63, 3.8) is 0 Å². The van der Waals surface area contributed by atoms with Gasteiger partial charge in [0.2, 0.25) is 0 Å². The number of nitro benzene ring substituents is 1. The Balaban J connectivity index is 3.47. The van der Waals surface area contributed by atoms with E-state index in [4.69, 9.17) is 16.7 Å². The van der Waals surface area contributed by atoms with Gasteiger partial charge in [-0.25, -0.2) is 4.79 Å². The van der Waals surface area contributed by atoms with Gasteiger partial charge in [0.25, 0.3) is 5.69 Å². The summed E-state index contributed by atoms with van der Waals surface area (Å²) in [4.78, 5) is 20.5. The van der Waals surface area contributed by atoms with E-state index in [0.29, 0.717) is 0 Å². The zero-order valence-corrected chi connectivity index (χ0v) is 7.91. The van der Waals surface area contributed by atoms with Crippen LogP contribution in [0, 0.1) is 17.0 Å². The molecule has 0 radical (unpaired) electrons. The minimum absolute atomic E-state index is 0.0414. The van der Waals surface area contributed by atoms with E-state index < -0.39 is 10.9 Å². The molecule has 74 valence electrons. The molecule has 0 bridgehead atoms. The molecule has 0 aliphatic heterocycles. The topological polar surface area (TPSA) is 80.4 Å². The first-order valence-corrected chi connectivity index (χ1v) is 3.99. The molecule has 0 amide bonds. The van der Waals surface area contributed by atoms with Gasteiger partial charge in [0.15, 0.2) is 0 Å². The molecule has 0 spiro atoms. The summed E-state index contributed by atoms with van der Waals surface area (Å²) in [7, 11) is 0. The average molecular weight is 216 g/mol. The van der Waals surface area contributed by atoms with Crippen LogP contribution in [0.4, 0.5) is 5.69 Å². The van der Waals surface area contributed by atoms with Crippen molar-refractivity contribution < 1.29 is 14.8 Å². The molecule has 0 saturated carbocycles. The van der Waals surface area contributed by atoms with Gasteiger partial charge in [0.1, 0.15) is 0 Å². The Hall–Kier alpha value is -1.62. The maximum atomic E-state index is 10.7. The molecule has 6 heteroatoms. The summed E-state index contributed by atoms with van der Waals surface area (Å²) in [6.07, 6.45) is 0. The SMILES string of the molecule is Cc1c(C(=O)O)cc(Cl)cc1[N+](=O)[O-]. The molecule has 0 atom stereocenters. The molecule has 0 aliphatic carbocycles. The van der Waals surface area contributed by atoms with E-state index in [-0.39, 0.29) is 21.8 Å². The molecule has 0 unspecified atom stereocenters. The lowest BCUT2D eigenvalue weighted by molar-refractivity contribution is -0.385. The fourth-order valence-electron chi connectivity index (χ4n) is 1.08.